The third kappa shape index (κ3) is 3.97. The molecule has 114 valence electrons. The van der Waals surface area contributed by atoms with Crippen LogP contribution in [0.4, 0.5) is 0 Å². The van der Waals surface area contributed by atoms with Gasteiger partial charge in [-0.15, -0.1) is 0 Å². The van der Waals surface area contributed by atoms with Crippen LogP contribution in [0.1, 0.15) is 70.6 Å². The van der Waals surface area contributed by atoms with Gasteiger partial charge in [0.2, 0.25) is 5.91 Å². The molecule has 0 aliphatic heterocycles. The lowest BCUT2D eigenvalue weighted by atomic mass is 9.80. The molecule has 1 amide bonds. The number of rotatable bonds is 5. The first-order valence-electron chi connectivity index (χ1n) is 8.12. The SMILES string of the molecule is O=C(CC1CCCC1)NCC1(C(=O)O)CCCCCC1. The summed E-state index contributed by atoms with van der Waals surface area (Å²) in [5.74, 6) is -0.174. The van der Waals surface area contributed by atoms with Crippen LogP contribution in [-0.4, -0.2) is 23.5 Å². The summed E-state index contributed by atoms with van der Waals surface area (Å²) in [6.07, 6.45) is 10.9. The van der Waals surface area contributed by atoms with Gasteiger partial charge in [-0.1, -0.05) is 38.5 Å². The van der Waals surface area contributed by atoms with Crippen molar-refractivity contribution in [3.05, 3.63) is 0 Å². The molecule has 0 aromatic carbocycles. The summed E-state index contributed by atoms with van der Waals surface area (Å²) in [6, 6.07) is 0. The molecule has 0 heterocycles. The maximum atomic E-state index is 12.0. The van der Waals surface area contributed by atoms with Crippen molar-refractivity contribution in [1.82, 2.24) is 5.32 Å². The zero-order valence-electron chi connectivity index (χ0n) is 12.3. The molecule has 0 saturated heterocycles. The lowest BCUT2D eigenvalue weighted by Crippen LogP contribution is -2.43. The summed E-state index contributed by atoms with van der Waals surface area (Å²) >= 11 is 0. The summed E-state index contributed by atoms with van der Waals surface area (Å²) in [5, 5.41) is 12.5. The van der Waals surface area contributed by atoms with E-state index >= 15 is 0 Å². The van der Waals surface area contributed by atoms with E-state index < -0.39 is 11.4 Å². The van der Waals surface area contributed by atoms with Crippen LogP contribution in [0.25, 0.3) is 0 Å². The summed E-state index contributed by atoms with van der Waals surface area (Å²) in [5.41, 5.74) is -0.720. The maximum Gasteiger partial charge on any atom is 0.311 e. The van der Waals surface area contributed by atoms with E-state index in [1.54, 1.807) is 0 Å². The number of carboxylic acid groups (broad SMARTS) is 1. The molecule has 2 aliphatic rings. The lowest BCUT2D eigenvalue weighted by molar-refractivity contribution is -0.149. The van der Waals surface area contributed by atoms with Gasteiger partial charge >= 0.3 is 5.97 Å². The second-order valence-corrected chi connectivity index (χ2v) is 6.63. The molecule has 2 fully saturated rings. The zero-order valence-corrected chi connectivity index (χ0v) is 12.3. The lowest BCUT2D eigenvalue weighted by Gasteiger charge is -2.28. The van der Waals surface area contributed by atoms with Gasteiger partial charge in [-0.25, -0.2) is 0 Å². The molecule has 20 heavy (non-hydrogen) atoms. The summed E-state index contributed by atoms with van der Waals surface area (Å²) < 4.78 is 0. The number of carboxylic acids is 1. The Labute approximate surface area is 121 Å². The minimum Gasteiger partial charge on any atom is -0.481 e. The summed E-state index contributed by atoms with van der Waals surface area (Å²) in [6.45, 7) is 0.313. The Kier molecular flexibility index (Phi) is 5.44. The number of aliphatic carboxylic acids is 1. The highest BCUT2D eigenvalue weighted by Gasteiger charge is 2.38. The summed E-state index contributed by atoms with van der Waals surface area (Å²) in [7, 11) is 0. The fraction of sp³-hybridized carbons (Fsp3) is 0.875. The number of amides is 1. The number of hydrogen-bond acceptors (Lipinski definition) is 2. The fourth-order valence-corrected chi connectivity index (χ4v) is 3.69. The molecule has 0 atom stereocenters. The normalized spacial score (nSPS) is 23.2. The van der Waals surface area contributed by atoms with Gasteiger partial charge in [0, 0.05) is 13.0 Å². The highest BCUT2D eigenvalue weighted by atomic mass is 16.4. The van der Waals surface area contributed by atoms with Crippen LogP contribution in [0.2, 0.25) is 0 Å². The van der Waals surface area contributed by atoms with E-state index in [0.717, 1.165) is 38.5 Å². The zero-order chi connectivity index (χ0) is 14.4. The maximum absolute atomic E-state index is 12.0. The largest absolute Gasteiger partial charge is 0.481 e. The molecular formula is C16H27NO3. The third-order valence-corrected chi connectivity index (χ3v) is 5.09. The topological polar surface area (TPSA) is 66.4 Å². The number of hydrogen-bond donors (Lipinski definition) is 2. The molecule has 0 radical (unpaired) electrons. The second-order valence-electron chi connectivity index (χ2n) is 6.63. The minimum absolute atomic E-state index is 0.0433. The third-order valence-electron chi connectivity index (χ3n) is 5.09. The molecular weight excluding hydrogens is 254 g/mol. The van der Waals surface area contributed by atoms with E-state index in [0.29, 0.717) is 31.7 Å². The molecule has 2 aliphatic carbocycles. The molecule has 0 aromatic rings. The van der Waals surface area contributed by atoms with Crippen LogP contribution in [0.15, 0.2) is 0 Å². The van der Waals surface area contributed by atoms with Gasteiger partial charge in [0.1, 0.15) is 0 Å². The average molecular weight is 281 g/mol. The smallest absolute Gasteiger partial charge is 0.311 e. The van der Waals surface area contributed by atoms with Crippen molar-refractivity contribution in [3.8, 4) is 0 Å². The number of carbonyl (C=O) groups is 2. The first-order chi connectivity index (χ1) is 9.62. The monoisotopic (exact) mass is 281 g/mol. The quantitative estimate of drug-likeness (QED) is 0.761. The molecule has 0 unspecified atom stereocenters. The second kappa shape index (κ2) is 7.09. The van der Waals surface area contributed by atoms with Crippen LogP contribution in [-0.2, 0) is 9.59 Å². The van der Waals surface area contributed by atoms with Gasteiger partial charge in [-0.2, -0.15) is 0 Å². The minimum atomic E-state index is -0.736. The highest BCUT2D eigenvalue weighted by Crippen LogP contribution is 2.35. The van der Waals surface area contributed by atoms with Crippen LogP contribution in [0.3, 0.4) is 0 Å². The predicted octanol–water partition coefficient (Wildman–Crippen LogP) is 3.11. The van der Waals surface area contributed by atoms with E-state index in [1.165, 1.54) is 12.8 Å². The van der Waals surface area contributed by atoms with Gasteiger partial charge in [0.25, 0.3) is 0 Å². The first kappa shape index (κ1) is 15.3. The van der Waals surface area contributed by atoms with Gasteiger partial charge in [-0.3, -0.25) is 9.59 Å². The Bertz CT molecular complexity index is 340. The van der Waals surface area contributed by atoms with Gasteiger partial charge in [0.15, 0.2) is 0 Å². The Hall–Kier alpha value is -1.06. The van der Waals surface area contributed by atoms with Crippen molar-refractivity contribution in [2.45, 2.75) is 70.6 Å². The van der Waals surface area contributed by atoms with Crippen molar-refractivity contribution in [3.63, 3.8) is 0 Å². The van der Waals surface area contributed by atoms with Gasteiger partial charge in [0.05, 0.1) is 5.41 Å². The Balaban J connectivity index is 1.84. The highest BCUT2D eigenvalue weighted by molar-refractivity contribution is 5.79. The van der Waals surface area contributed by atoms with Crippen molar-refractivity contribution in [1.29, 1.82) is 0 Å². The van der Waals surface area contributed by atoms with Crippen molar-refractivity contribution >= 4 is 11.9 Å². The van der Waals surface area contributed by atoms with Crippen molar-refractivity contribution in [2.24, 2.45) is 11.3 Å². The van der Waals surface area contributed by atoms with E-state index in [1.807, 2.05) is 0 Å². The molecule has 0 bridgehead atoms. The van der Waals surface area contributed by atoms with E-state index in [2.05, 4.69) is 5.32 Å². The molecule has 0 spiro atoms. The Morgan fingerprint density at radius 3 is 2.15 bits per heavy atom. The molecule has 2 N–H and O–H groups in total. The molecule has 0 aromatic heterocycles. The Morgan fingerprint density at radius 1 is 1.00 bits per heavy atom. The standard InChI is InChI=1S/C16H27NO3/c18-14(11-13-7-3-4-8-13)17-12-16(15(19)20)9-5-1-2-6-10-16/h13H,1-12H2,(H,17,18)(H,19,20). The molecule has 4 nitrogen and oxygen atoms in total. The van der Waals surface area contributed by atoms with E-state index in [9.17, 15) is 14.7 Å². The Morgan fingerprint density at radius 2 is 1.60 bits per heavy atom. The summed E-state index contributed by atoms with van der Waals surface area (Å²) in [4.78, 5) is 23.6. The first-order valence-corrected chi connectivity index (χ1v) is 8.12. The fourth-order valence-electron chi connectivity index (χ4n) is 3.69. The van der Waals surface area contributed by atoms with Crippen molar-refractivity contribution < 1.29 is 14.7 Å². The van der Waals surface area contributed by atoms with Crippen LogP contribution in [0.5, 0.6) is 0 Å². The molecule has 2 saturated carbocycles. The predicted molar refractivity (Wildman–Crippen MR) is 77.4 cm³/mol. The average Bonchev–Trinajstić information content (AvgIpc) is 2.79. The molecule has 4 heteroatoms. The van der Waals surface area contributed by atoms with Gasteiger partial charge < -0.3 is 10.4 Å². The number of carbonyl (C=O) groups excluding carboxylic acids is 1. The van der Waals surface area contributed by atoms with Crippen LogP contribution in [0, 0.1) is 11.3 Å². The number of nitrogens with one attached hydrogen (secondary N) is 1. The van der Waals surface area contributed by atoms with E-state index in [-0.39, 0.29) is 5.91 Å². The van der Waals surface area contributed by atoms with Crippen LogP contribution >= 0.6 is 0 Å². The molecule has 2 rings (SSSR count). The van der Waals surface area contributed by atoms with Gasteiger partial charge in [-0.05, 0) is 31.6 Å². The van der Waals surface area contributed by atoms with E-state index in [4.69, 9.17) is 0 Å². The van der Waals surface area contributed by atoms with Crippen molar-refractivity contribution in [2.75, 3.05) is 6.54 Å². The van der Waals surface area contributed by atoms with Crippen LogP contribution < -0.4 is 5.32 Å².